The van der Waals surface area contributed by atoms with Crippen molar-refractivity contribution in [2.45, 2.75) is 25.5 Å². The highest BCUT2D eigenvalue weighted by Gasteiger charge is 2.35. The number of ether oxygens (including phenoxy) is 1. The number of aliphatic hydroxyl groups is 1. The van der Waals surface area contributed by atoms with Crippen molar-refractivity contribution >= 4 is 6.09 Å². The lowest BCUT2D eigenvalue weighted by Crippen LogP contribution is -2.53. The van der Waals surface area contributed by atoms with Gasteiger partial charge in [-0.3, -0.25) is 4.90 Å². The largest absolute Gasteiger partial charge is 0.445 e. The minimum atomic E-state index is -0.661. The molecule has 1 unspecified atom stereocenters. The summed E-state index contributed by atoms with van der Waals surface area (Å²) in [5, 5.41) is 9.45. The Morgan fingerprint density at radius 3 is 2.84 bits per heavy atom. The zero-order valence-corrected chi connectivity index (χ0v) is 11.1. The van der Waals surface area contributed by atoms with E-state index < -0.39 is 5.54 Å². The van der Waals surface area contributed by atoms with E-state index in [1.165, 1.54) is 0 Å². The first kappa shape index (κ1) is 13.6. The summed E-state index contributed by atoms with van der Waals surface area (Å²) >= 11 is 0. The molecule has 0 radical (unpaired) electrons. The third-order valence-electron chi connectivity index (χ3n) is 3.36. The van der Waals surface area contributed by atoms with Crippen molar-refractivity contribution in [2.24, 2.45) is 0 Å². The van der Waals surface area contributed by atoms with E-state index >= 15 is 0 Å². The lowest BCUT2D eigenvalue weighted by molar-refractivity contribution is 0.0409. The molecule has 1 aromatic rings. The first-order valence-electron chi connectivity index (χ1n) is 6.42. The number of aliphatic hydroxyl groups excluding tert-OH is 1. The van der Waals surface area contributed by atoms with Gasteiger partial charge in [-0.1, -0.05) is 42.5 Å². The summed E-state index contributed by atoms with van der Waals surface area (Å²) < 4.78 is 5.31. The van der Waals surface area contributed by atoms with Crippen LogP contribution >= 0.6 is 0 Å². The maximum atomic E-state index is 12.1. The van der Waals surface area contributed by atoms with E-state index in [-0.39, 0.29) is 19.3 Å². The molecule has 0 saturated heterocycles. The van der Waals surface area contributed by atoms with Crippen molar-refractivity contribution < 1.29 is 14.6 Å². The monoisotopic (exact) mass is 261 g/mol. The van der Waals surface area contributed by atoms with Crippen molar-refractivity contribution in [3.05, 3.63) is 48.0 Å². The van der Waals surface area contributed by atoms with Crippen LogP contribution in [0.25, 0.3) is 0 Å². The molecule has 1 aromatic carbocycles. The standard InChI is InChI=1S/C15H19NO3/c1-15(12-17)9-5-6-10-16(15)14(18)19-11-13-7-3-2-4-8-13/h2-5,7-9,17H,6,10-12H2,1H3. The molecule has 0 saturated carbocycles. The van der Waals surface area contributed by atoms with Crippen molar-refractivity contribution in [3.8, 4) is 0 Å². The fourth-order valence-corrected chi connectivity index (χ4v) is 2.12. The fourth-order valence-electron chi connectivity index (χ4n) is 2.12. The molecule has 0 aromatic heterocycles. The third kappa shape index (κ3) is 3.15. The number of amides is 1. The highest BCUT2D eigenvalue weighted by molar-refractivity contribution is 5.69. The smallest absolute Gasteiger partial charge is 0.410 e. The molecule has 0 spiro atoms. The van der Waals surface area contributed by atoms with Crippen molar-refractivity contribution in [1.82, 2.24) is 4.90 Å². The second kappa shape index (κ2) is 5.89. The second-order valence-electron chi connectivity index (χ2n) is 4.90. The number of carbonyl (C=O) groups excluding carboxylic acids is 1. The number of hydrogen-bond donors (Lipinski definition) is 1. The predicted molar refractivity (Wildman–Crippen MR) is 72.6 cm³/mol. The van der Waals surface area contributed by atoms with E-state index in [0.717, 1.165) is 12.0 Å². The minimum Gasteiger partial charge on any atom is -0.445 e. The molecule has 102 valence electrons. The van der Waals surface area contributed by atoms with Crippen LogP contribution in [-0.4, -0.2) is 34.8 Å². The van der Waals surface area contributed by atoms with Gasteiger partial charge in [0.05, 0.1) is 12.1 Å². The Balaban J connectivity index is 1.98. The number of hydrogen-bond acceptors (Lipinski definition) is 3. The van der Waals surface area contributed by atoms with E-state index in [4.69, 9.17) is 4.74 Å². The molecule has 0 fully saturated rings. The predicted octanol–water partition coefficient (Wildman–Crippen LogP) is 2.34. The van der Waals surface area contributed by atoms with Crippen LogP contribution in [0.2, 0.25) is 0 Å². The van der Waals surface area contributed by atoms with Crippen LogP contribution in [-0.2, 0) is 11.3 Å². The number of rotatable bonds is 3. The summed E-state index contributed by atoms with van der Waals surface area (Å²) in [6.07, 6.45) is 4.25. The van der Waals surface area contributed by atoms with Gasteiger partial charge >= 0.3 is 6.09 Å². The molecule has 19 heavy (non-hydrogen) atoms. The van der Waals surface area contributed by atoms with Crippen molar-refractivity contribution in [1.29, 1.82) is 0 Å². The zero-order chi connectivity index (χ0) is 13.7. The van der Waals surface area contributed by atoms with E-state index in [1.54, 1.807) is 4.90 Å². The van der Waals surface area contributed by atoms with Gasteiger partial charge in [0.15, 0.2) is 0 Å². The molecule has 4 heteroatoms. The normalized spacial score (nSPS) is 22.3. The molecular weight excluding hydrogens is 242 g/mol. The summed E-state index contributed by atoms with van der Waals surface area (Å²) in [5.74, 6) is 0. The van der Waals surface area contributed by atoms with Crippen LogP contribution in [0.15, 0.2) is 42.5 Å². The van der Waals surface area contributed by atoms with Gasteiger partial charge in [0.25, 0.3) is 0 Å². The van der Waals surface area contributed by atoms with Gasteiger partial charge in [-0.15, -0.1) is 0 Å². The maximum Gasteiger partial charge on any atom is 0.410 e. The number of nitrogens with zero attached hydrogens (tertiary/aromatic N) is 1. The molecule has 0 bridgehead atoms. The third-order valence-corrected chi connectivity index (χ3v) is 3.36. The highest BCUT2D eigenvalue weighted by Crippen LogP contribution is 2.22. The van der Waals surface area contributed by atoms with Crippen LogP contribution in [0.5, 0.6) is 0 Å². The van der Waals surface area contributed by atoms with Gasteiger partial charge in [0, 0.05) is 6.54 Å². The van der Waals surface area contributed by atoms with Crippen LogP contribution in [0.1, 0.15) is 18.9 Å². The average Bonchev–Trinajstić information content (AvgIpc) is 2.46. The van der Waals surface area contributed by atoms with Gasteiger partial charge in [-0.25, -0.2) is 4.79 Å². The lowest BCUT2D eigenvalue weighted by Gasteiger charge is -2.39. The Labute approximate surface area is 113 Å². The first-order chi connectivity index (χ1) is 9.15. The maximum absolute atomic E-state index is 12.1. The molecule has 2 rings (SSSR count). The Morgan fingerprint density at radius 1 is 1.42 bits per heavy atom. The molecule has 4 nitrogen and oxygen atoms in total. The highest BCUT2D eigenvalue weighted by atomic mass is 16.6. The fraction of sp³-hybridized carbons (Fsp3) is 0.400. The van der Waals surface area contributed by atoms with Crippen LogP contribution in [0.4, 0.5) is 4.79 Å². The summed E-state index contributed by atoms with van der Waals surface area (Å²) in [4.78, 5) is 13.7. The SMILES string of the molecule is CC1(CO)C=CCCN1C(=O)OCc1ccccc1. The van der Waals surface area contributed by atoms with E-state index in [9.17, 15) is 9.90 Å². The van der Waals surface area contributed by atoms with Crippen molar-refractivity contribution in [3.63, 3.8) is 0 Å². The average molecular weight is 261 g/mol. The zero-order valence-electron chi connectivity index (χ0n) is 11.1. The summed E-state index contributed by atoms with van der Waals surface area (Å²) in [6, 6.07) is 9.56. The number of benzene rings is 1. The molecule has 1 heterocycles. The Morgan fingerprint density at radius 2 is 2.16 bits per heavy atom. The van der Waals surface area contributed by atoms with Gasteiger partial charge in [-0.2, -0.15) is 0 Å². The minimum absolute atomic E-state index is 0.107. The molecule has 1 N–H and O–H groups in total. The summed E-state index contributed by atoms with van der Waals surface area (Å²) in [7, 11) is 0. The Kier molecular flexibility index (Phi) is 4.22. The van der Waals surface area contributed by atoms with Gasteiger partial charge in [0.2, 0.25) is 0 Å². The van der Waals surface area contributed by atoms with Crippen LogP contribution in [0.3, 0.4) is 0 Å². The molecule has 1 aliphatic heterocycles. The van der Waals surface area contributed by atoms with Gasteiger partial charge in [-0.05, 0) is 18.9 Å². The Hall–Kier alpha value is -1.81. The molecule has 0 aliphatic carbocycles. The van der Waals surface area contributed by atoms with Crippen molar-refractivity contribution in [2.75, 3.05) is 13.2 Å². The molecule has 1 amide bonds. The summed E-state index contributed by atoms with van der Waals surface area (Å²) in [6.45, 7) is 2.54. The van der Waals surface area contributed by atoms with Crippen LogP contribution in [0, 0.1) is 0 Å². The topological polar surface area (TPSA) is 49.8 Å². The number of carbonyl (C=O) groups is 1. The van der Waals surface area contributed by atoms with Gasteiger partial charge in [0.1, 0.15) is 6.61 Å². The molecule has 1 aliphatic rings. The summed E-state index contributed by atoms with van der Waals surface area (Å²) in [5.41, 5.74) is 0.292. The van der Waals surface area contributed by atoms with E-state index in [1.807, 2.05) is 49.4 Å². The van der Waals surface area contributed by atoms with Gasteiger partial charge < -0.3 is 9.84 Å². The Bertz CT molecular complexity index is 458. The molecule has 1 atom stereocenters. The van der Waals surface area contributed by atoms with E-state index in [2.05, 4.69) is 0 Å². The van der Waals surface area contributed by atoms with E-state index in [0.29, 0.717) is 6.54 Å². The molecular formula is C15H19NO3. The lowest BCUT2D eigenvalue weighted by atomic mass is 9.97. The van der Waals surface area contributed by atoms with Crippen LogP contribution < -0.4 is 0 Å². The quantitative estimate of drug-likeness (QED) is 0.850. The first-order valence-corrected chi connectivity index (χ1v) is 6.42. The second-order valence-corrected chi connectivity index (χ2v) is 4.90.